The van der Waals surface area contributed by atoms with Crippen LogP contribution in [-0.4, -0.2) is 32.5 Å². The van der Waals surface area contributed by atoms with Gasteiger partial charge in [-0.25, -0.2) is 4.79 Å². The molecule has 0 amide bonds. The van der Waals surface area contributed by atoms with E-state index in [-0.39, 0.29) is 28.0 Å². The van der Waals surface area contributed by atoms with E-state index >= 15 is 0 Å². The second kappa shape index (κ2) is 11.2. The summed E-state index contributed by atoms with van der Waals surface area (Å²) in [5.41, 5.74) is -4.56. The Labute approximate surface area is 219 Å². The van der Waals surface area contributed by atoms with E-state index in [9.17, 15) is 35.9 Å². The number of hydrogen-bond donors (Lipinski definition) is 0. The van der Waals surface area contributed by atoms with E-state index in [1.54, 1.807) is 13.8 Å². The summed E-state index contributed by atoms with van der Waals surface area (Å²) in [6.07, 6.45) is -10.6. The number of rotatable bonds is 9. The fourth-order valence-corrected chi connectivity index (χ4v) is 3.79. The largest absolute Gasteiger partial charge is 0.497 e. The molecule has 1 heterocycles. The lowest BCUT2D eigenvalue weighted by molar-refractivity contribution is -0.175. The standard InChI is InChI=1S/C27H26F6O6/c1-15(2)23(34)38-14-25(3,12-26(28,29)30)13-37-18-6-5-16-9-20(24(35)39-22(16)11-18)19-8-7-17(36-4)10-21(19)27(31,32)33/h5-11,15H,12-14H2,1-4H3. The van der Waals surface area contributed by atoms with Crippen LogP contribution in [0.4, 0.5) is 26.3 Å². The minimum absolute atomic E-state index is 0.0439. The van der Waals surface area contributed by atoms with Crippen LogP contribution in [0, 0.1) is 11.3 Å². The van der Waals surface area contributed by atoms with Crippen LogP contribution in [0.2, 0.25) is 0 Å². The van der Waals surface area contributed by atoms with E-state index in [1.807, 2.05) is 0 Å². The molecule has 0 N–H and O–H groups in total. The molecule has 0 radical (unpaired) electrons. The Hall–Kier alpha value is -3.70. The van der Waals surface area contributed by atoms with Gasteiger partial charge in [-0.3, -0.25) is 4.79 Å². The molecule has 2 aromatic carbocycles. The smallest absolute Gasteiger partial charge is 0.417 e. The molecule has 3 aromatic rings. The maximum Gasteiger partial charge on any atom is 0.417 e. The average molecular weight is 560 g/mol. The highest BCUT2D eigenvalue weighted by atomic mass is 19.4. The summed E-state index contributed by atoms with van der Waals surface area (Å²) in [4.78, 5) is 24.5. The van der Waals surface area contributed by atoms with Gasteiger partial charge in [0.2, 0.25) is 0 Å². The Kier molecular flexibility index (Phi) is 8.56. The van der Waals surface area contributed by atoms with Crippen molar-refractivity contribution in [3.05, 3.63) is 58.4 Å². The third-order valence-electron chi connectivity index (χ3n) is 5.78. The molecule has 3 rings (SSSR count). The number of halogens is 6. The first kappa shape index (κ1) is 29.9. The Morgan fingerprint density at radius 1 is 0.923 bits per heavy atom. The zero-order chi connectivity index (χ0) is 29.2. The lowest BCUT2D eigenvalue weighted by Gasteiger charge is -2.30. The molecule has 0 saturated carbocycles. The number of hydrogen-bond acceptors (Lipinski definition) is 6. The van der Waals surface area contributed by atoms with Gasteiger partial charge in [-0.1, -0.05) is 20.8 Å². The van der Waals surface area contributed by atoms with Crippen molar-refractivity contribution in [1.29, 1.82) is 0 Å². The number of alkyl halides is 6. The Morgan fingerprint density at radius 3 is 2.18 bits per heavy atom. The first-order chi connectivity index (χ1) is 18.0. The molecule has 0 fully saturated rings. The highest BCUT2D eigenvalue weighted by Crippen LogP contribution is 2.39. The molecule has 0 aliphatic rings. The van der Waals surface area contributed by atoms with Gasteiger partial charge in [0.25, 0.3) is 0 Å². The SMILES string of the molecule is COc1ccc(-c2cc3ccc(OCC(C)(COC(=O)C(C)C)CC(F)(F)F)cc3oc2=O)c(C(F)(F)F)c1. The lowest BCUT2D eigenvalue weighted by Crippen LogP contribution is -2.36. The summed E-state index contributed by atoms with van der Waals surface area (Å²) >= 11 is 0. The number of ether oxygens (including phenoxy) is 3. The second-order valence-corrected chi connectivity index (χ2v) is 9.71. The number of carbonyl (C=O) groups is 1. The van der Waals surface area contributed by atoms with Crippen molar-refractivity contribution in [2.24, 2.45) is 11.3 Å². The van der Waals surface area contributed by atoms with Crippen LogP contribution in [-0.2, 0) is 15.7 Å². The third kappa shape index (κ3) is 7.67. The van der Waals surface area contributed by atoms with Gasteiger partial charge in [0.1, 0.15) is 23.7 Å². The van der Waals surface area contributed by atoms with E-state index in [1.165, 1.54) is 44.4 Å². The lowest BCUT2D eigenvalue weighted by atomic mass is 9.88. The predicted molar refractivity (Wildman–Crippen MR) is 130 cm³/mol. The van der Waals surface area contributed by atoms with Gasteiger partial charge in [-0.05, 0) is 36.4 Å². The van der Waals surface area contributed by atoms with Crippen LogP contribution in [0.1, 0.15) is 32.8 Å². The quantitative estimate of drug-likeness (QED) is 0.159. The molecule has 212 valence electrons. The molecular formula is C27H26F6O6. The van der Waals surface area contributed by atoms with Crippen LogP contribution in [0.3, 0.4) is 0 Å². The van der Waals surface area contributed by atoms with E-state index in [0.29, 0.717) is 0 Å². The van der Waals surface area contributed by atoms with Crippen LogP contribution in [0.15, 0.2) is 51.7 Å². The van der Waals surface area contributed by atoms with Crippen molar-refractivity contribution in [3.63, 3.8) is 0 Å². The molecule has 0 aliphatic carbocycles. The number of carbonyl (C=O) groups excluding carboxylic acids is 1. The molecule has 0 spiro atoms. The number of fused-ring (bicyclic) bond motifs is 1. The van der Waals surface area contributed by atoms with Crippen LogP contribution in [0.5, 0.6) is 11.5 Å². The van der Waals surface area contributed by atoms with E-state index in [4.69, 9.17) is 18.6 Å². The molecule has 1 atom stereocenters. The monoisotopic (exact) mass is 560 g/mol. The molecule has 6 nitrogen and oxygen atoms in total. The minimum atomic E-state index is -4.78. The highest BCUT2D eigenvalue weighted by molar-refractivity contribution is 5.83. The number of methoxy groups -OCH3 is 1. The fraction of sp³-hybridized carbons (Fsp3) is 0.407. The van der Waals surface area contributed by atoms with Gasteiger partial charge in [0, 0.05) is 22.4 Å². The predicted octanol–water partition coefficient (Wildman–Crippen LogP) is 7.02. The van der Waals surface area contributed by atoms with Crippen molar-refractivity contribution >= 4 is 16.9 Å². The van der Waals surface area contributed by atoms with E-state index in [2.05, 4.69) is 0 Å². The van der Waals surface area contributed by atoms with Gasteiger partial charge < -0.3 is 18.6 Å². The van der Waals surface area contributed by atoms with Crippen molar-refractivity contribution in [1.82, 2.24) is 0 Å². The fourth-order valence-electron chi connectivity index (χ4n) is 3.79. The summed E-state index contributed by atoms with van der Waals surface area (Å²) in [5, 5.41) is 0.254. The Balaban J connectivity index is 1.90. The van der Waals surface area contributed by atoms with Crippen molar-refractivity contribution < 1.29 is 49.8 Å². The molecule has 39 heavy (non-hydrogen) atoms. The number of esters is 1. The van der Waals surface area contributed by atoms with Crippen LogP contribution < -0.4 is 15.1 Å². The Bertz CT molecular complexity index is 1390. The Morgan fingerprint density at radius 2 is 1.59 bits per heavy atom. The maximum absolute atomic E-state index is 13.7. The van der Waals surface area contributed by atoms with Gasteiger partial charge in [-0.2, -0.15) is 26.3 Å². The van der Waals surface area contributed by atoms with E-state index < -0.39 is 66.0 Å². The molecule has 1 unspecified atom stereocenters. The first-order valence-electron chi connectivity index (χ1n) is 11.7. The second-order valence-electron chi connectivity index (χ2n) is 9.71. The van der Waals surface area contributed by atoms with Gasteiger partial charge >= 0.3 is 23.9 Å². The maximum atomic E-state index is 13.7. The summed E-state index contributed by atoms with van der Waals surface area (Å²) in [6, 6.07) is 8.39. The summed E-state index contributed by atoms with van der Waals surface area (Å²) in [7, 11) is 1.21. The minimum Gasteiger partial charge on any atom is -0.497 e. The first-order valence-corrected chi connectivity index (χ1v) is 11.7. The average Bonchev–Trinajstić information content (AvgIpc) is 2.83. The summed E-state index contributed by atoms with van der Waals surface area (Å²) in [6.45, 7) is 3.32. The third-order valence-corrected chi connectivity index (χ3v) is 5.78. The molecule has 0 aliphatic heterocycles. The van der Waals surface area contributed by atoms with Crippen LogP contribution >= 0.6 is 0 Å². The van der Waals surface area contributed by atoms with Crippen molar-refractivity contribution in [2.45, 2.75) is 39.5 Å². The van der Waals surface area contributed by atoms with Crippen LogP contribution in [0.25, 0.3) is 22.1 Å². The normalized spacial score (nSPS) is 13.8. The van der Waals surface area contributed by atoms with Gasteiger partial charge in [0.15, 0.2) is 0 Å². The van der Waals surface area contributed by atoms with Gasteiger partial charge in [0.05, 0.1) is 37.2 Å². The topological polar surface area (TPSA) is 75.0 Å². The van der Waals surface area contributed by atoms with Gasteiger partial charge in [-0.15, -0.1) is 0 Å². The number of benzene rings is 2. The molecule has 12 heteroatoms. The van der Waals surface area contributed by atoms with E-state index in [0.717, 1.165) is 12.1 Å². The zero-order valence-corrected chi connectivity index (χ0v) is 21.5. The summed E-state index contributed by atoms with van der Waals surface area (Å²) in [5.74, 6) is -1.19. The summed E-state index contributed by atoms with van der Waals surface area (Å²) < 4.78 is 101. The zero-order valence-electron chi connectivity index (χ0n) is 21.5. The molecule has 1 aromatic heterocycles. The molecule has 0 bridgehead atoms. The van der Waals surface area contributed by atoms with Crippen molar-refractivity contribution in [2.75, 3.05) is 20.3 Å². The molecular weight excluding hydrogens is 534 g/mol. The van der Waals surface area contributed by atoms with Crippen molar-refractivity contribution in [3.8, 4) is 22.6 Å². The highest BCUT2D eigenvalue weighted by Gasteiger charge is 2.41. The molecule has 0 saturated heterocycles.